The molecule has 0 radical (unpaired) electrons. The number of nitrogens with zero attached hydrogens (tertiary/aromatic N) is 1. The van der Waals surface area contributed by atoms with E-state index in [4.69, 9.17) is 10.5 Å². The maximum Gasteiger partial charge on any atom is 0.410 e. The zero-order valence-corrected chi connectivity index (χ0v) is 9.69. The summed E-state index contributed by atoms with van der Waals surface area (Å²) in [5.74, 6) is 0.595. The summed E-state index contributed by atoms with van der Waals surface area (Å²) in [6, 6.07) is 0.362. The quantitative estimate of drug-likeness (QED) is 0.659. The molecule has 1 saturated heterocycles. The highest BCUT2D eigenvalue weighted by atomic mass is 16.6. The molecule has 15 heavy (non-hydrogen) atoms. The van der Waals surface area contributed by atoms with Gasteiger partial charge in [0.05, 0.1) is 6.04 Å². The van der Waals surface area contributed by atoms with Gasteiger partial charge in [0.1, 0.15) is 5.60 Å². The highest BCUT2D eigenvalue weighted by Gasteiger charge is 2.46. The predicted octanol–water partition coefficient (Wildman–Crippen LogP) is 1.34. The molecule has 1 aliphatic heterocycles. The van der Waals surface area contributed by atoms with Crippen LogP contribution in [0.2, 0.25) is 0 Å². The maximum absolute atomic E-state index is 11.8. The maximum atomic E-state index is 11.8. The summed E-state index contributed by atoms with van der Waals surface area (Å²) in [6.45, 7) is 6.49. The van der Waals surface area contributed by atoms with E-state index in [9.17, 15) is 4.79 Å². The first-order valence-corrected chi connectivity index (χ1v) is 5.62. The van der Waals surface area contributed by atoms with Crippen LogP contribution in [-0.2, 0) is 4.74 Å². The number of hydrogen-bond donors (Lipinski definition) is 1. The van der Waals surface area contributed by atoms with Crippen molar-refractivity contribution in [1.29, 1.82) is 0 Å². The molecular formula is C11H20N2O2. The van der Waals surface area contributed by atoms with Crippen molar-refractivity contribution >= 4 is 6.09 Å². The monoisotopic (exact) mass is 212 g/mol. The molecule has 2 rings (SSSR count). The molecule has 1 amide bonds. The third kappa shape index (κ3) is 2.09. The van der Waals surface area contributed by atoms with Crippen molar-refractivity contribution in [1.82, 2.24) is 4.90 Å². The average Bonchev–Trinajstić information content (AvgIpc) is 2.58. The fourth-order valence-electron chi connectivity index (χ4n) is 2.61. The van der Waals surface area contributed by atoms with E-state index in [1.165, 1.54) is 0 Å². The molecule has 3 atom stereocenters. The van der Waals surface area contributed by atoms with Gasteiger partial charge < -0.3 is 15.4 Å². The Morgan fingerprint density at radius 2 is 2.07 bits per heavy atom. The highest BCUT2D eigenvalue weighted by molar-refractivity contribution is 5.69. The van der Waals surface area contributed by atoms with Crippen molar-refractivity contribution in [2.24, 2.45) is 11.7 Å². The van der Waals surface area contributed by atoms with Gasteiger partial charge in [0.25, 0.3) is 0 Å². The van der Waals surface area contributed by atoms with Crippen molar-refractivity contribution in [2.75, 3.05) is 6.54 Å². The van der Waals surface area contributed by atoms with Crippen molar-refractivity contribution < 1.29 is 9.53 Å². The first kappa shape index (κ1) is 10.7. The molecule has 0 spiro atoms. The van der Waals surface area contributed by atoms with Crippen molar-refractivity contribution in [3.63, 3.8) is 0 Å². The third-order valence-electron chi connectivity index (χ3n) is 3.16. The fourth-order valence-corrected chi connectivity index (χ4v) is 2.61. The van der Waals surface area contributed by atoms with Crippen molar-refractivity contribution in [3.05, 3.63) is 0 Å². The fraction of sp³-hybridized carbons (Fsp3) is 0.909. The number of likely N-dealkylation sites (tertiary alicyclic amines) is 1. The Morgan fingerprint density at radius 3 is 2.53 bits per heavy atom. The summed E-state index contributed by atoms with van der Waals surface area (Å²) in [4.78, 5) is 13.7. The van der Waals surface area contributed by atoms with E-state index < -0.39 is 5.60 Å². The number of ether oxygens (including phenoxy) is 1. The molecular weight excluding hydrogens is 192 g/mol. The number of fused-ring (bicyclic) bond motifs is 2. The van der Waals surface area contributed by atoms with Gasteiger partial charge in [0, 0.05) is 12.6 Å². The Labute approximate surface area is 90.8 Å². The second kappa shape index (κ2) is 3.37. The number of rotatable bonds is 0. The first-order chi connectivity index (χ1) is 6.87. The molecule has 1 aliphatic carbocycles. The molecule has 2 aliphatic rings. The Morgan fingerprint density at radius 1 is 1.40 bits per heavy atom. The summed E-state index contributed by atoms with van der Waals surface area (Å²) in [5.41, 5.74) is 5.55. The largest absolute Gasteiger partial charge is 0.444 e. The standard InChI is InChI=1S/C11H20N2O2/c1-11(2,3)15-10(14)13-6-7-4-8(12)9(13)5-7/h7-9H,4-6,12H2,1-3H3/t7-,8+,9-/m1/s1. The molecule has 4 nitrogen and oxygen atoms in total. The molecule has 0 aromatic heterocycles. The number of nitrogens with two attached hydrogens (primary N) is 1. The lowest BCUT2D eigenvalue weighted by atomic mass is 10.1. The zero-order chi connectivity index (χ0) is 11.2. The van der Waals surface area contributed by atoms with Crippen LogP contribution in [0.1, 0.15) is 33.6 Å². The Hall–Kier alpha value is -0.770. The van der Waals surface area contributed by atoms with E-state index in [2.05, 4.69) is 0 Å². The Bertz CT molecular complexity index is 272. The van der Waals surface area contributed by atoms with Gasteiger partial charge in [0.15, 0.2) is 0 Å². The average molecular weight is 212 g/mol. The minimum Gasteiger partial charge on any atom is -0.444 e. The van der Waals surface area contributed by atoms with Gasteiger partial charge in [-0.3, -0.25) is 0 Å². The van der Waals surface area contributed by atoms with Gasteiger partial charge in [-0.1, -0.05) is 0 Å². The van der Waals surface area contributed by atoms with Crippen LogP contribution >= 0.6 is 0 Å². The smallest absolute Gasteiger partial charge is 0.410 e. The Kier molecular flexibility index (Phi) is 2.41. The van der Waals surface area contributed by atoms with Crippen LogP contribution in [0.25, 0.3) is 0 Å². The highest BCUT2D eigenvalue weighted by Crippen LogP contribution is 2.37. The number of hydrogen-bond acceptors (Lipinski definition) is 3. The molecule has 0 aromatic rings. The van der Waals surface area contributed by atoms with Gasteiger partial charge >= 0.3 is 6.09 Å². The van der Waals surface area contributed by atoms with Gasteiger partial charge in [-0.25, -0.2) is 4.79 Å². The van der Waals surface area contributed by atoms with Crippen molar-refractivity contribution in [3.8, 4) is 0 Å². The molecule has 1 heterocycles. The molecule has 2 N–H and O–H groups in total. The summed E-state index contributed by atoms with van der Waals surface area (Å²) >= 11 is 0. The molecule has 0 aromatic carbocycles. The summed E-state index contributed by atoms with van der Waals surface area (Å²) in [5, 5.41) is 0. The third-order valence-corrected chi connectivity index (χ3v) is 3.16. The molecule has 86 valence electrons. The van der Waals surface area contributed by atoms with Gasteiger partial charge in [-0.05, 0) is 39.5 Å². The number of carbonyl (C=O) groups excluding carboxylic acids is 1. The molecule has 0 unspecified atom stereocenters. The van der Waals surface area contributed by atoms with Crippen LogP contribution in [-0.4, -0.2) is 35.2 Å². The molecule has 4 heteroatoms. The second-order valence-corrected chi connectivity index (χ2v) is 5.70. The van der Waals surface area contributed by atoms with E-state index in [0.29, 0.717) is 5.92 Å². The SMILES string of the molecule is CC(C)(C)OC(=O)N1C[C@H]2C[C@@H]1[C@@H](N)C2. The van der Waals surface area contributed by atoms with Crippen LogP contribution < -0.4 is 5.73 Å². The minimum atomic E-state index is -0.414. The minimum absolute atomic E-state index is 0.149. The topological polar surface area (TPSA) is 55.6 Å². The number of piperidine rings is 1. The lowest BCUT2D eigenvalue weighted by molar-refractivity contribution is 0.0172. The lowest BCUT2D eigenvalue weighted by Crippen LogP contribution is -2.49. The normalized spacial score (nSPS) is 34.7. The van der Waals surface area contributed by atoms with Crippen LogP contribution in [0.5, 0.6) is 0 Å². The van der Waals surface area contributed by atoms with E-state index >= 15 is 0 Å². The molecule has 1 saturated carbocycles. The van der Waals surface area contributed by atoms with Crippen LogP contribution in [0.15, 0.2) is 0 Å². The van der Waals surface area contributed by atoms with Crippen LogP contribution in [0.3, 0.4) is 0 Å². The number of amides is 1. The summed E-state index contributed by atoms with van der Waals surface area (Å²) in [6.07, 6.45) is 1.91. The predicted molar refractivity (Wildman–Crippen MR) is 57.4 cm³/mol. The van der Waals surface area contributed by atoms with Crippen LogP contribution in [0.4, 0.5) is 4.79 Å². The summed E-state index contributed by atoms with van der Waals surface area (Å²) < 4.78 is 5.35. The van der Waals surface area contributed by atoms with E-state index in [-0.39, 0.29) is 18.2 Å². The van der Waals surface area contributed by atoms with Crippen molar-refractivity contribution in [2.45, 2.75) is 51.3 Å². The van der Waals surface area contributed by atoms with Gasteiger partial charge in [-0.15, -0.1) is 0 Å². The van der Waals surface area contributed by atoms with Crippen LogP contribution in [0, 0.1) is 5.92 Å². The van der Waals surface area contributed by atoms with E-state index in [1.807, 2.05) is 25.7 Å². The lowest BCUT2D eigenvalue weighted by Gasteiger charge is -2.33. The Balaban J connectivity index is 1.98. The first-order valence-electron chi connectivity index (χ1n) is 5.62. The van der Waals surface area contributed by atoms with Gasteiger partial charge in [-0.2, -0.15) is 0 Å². The summed E-state index contributed by atoms with van der Waals surface area (Å²) in [7, 11) is 0. The van der Waals surface area contributed by atoms with Gasteiger partial charge in [0.2, 0.25) is 0 Å². The second-order valence-electron chi connectivity index (χ2n) is 5.70. The molecule has 2 bridgehead atoms. The zero-order valence-electron chi connectivity index (χ0n) is 9.69. The van der Waals surface area contributed by atoms with E-state index in [0.717, 1.165) is 19.4 Å². The number of carbonyl (C=O) groups is 1. The van der Waals surface area contributed by atoms with E-state index in [1.54, 1.807) is 0 Å². The molecule has 2 fully saturated rings.